The molecular weight excluding hydrogens is 272 g/mol. The number of aliphatic hydroxyl groups is 1. The molecule has 2 rings (SSSR count). The molecule has 0 spiro atoms. The van der Waals surface area contributed by atoms with Gasteiger partial charge in [0, 0.05) is 23.7 Å². The molecule has 4 nitrogen and oxygen atoms in total. The average molecular weight is 294 g/mol. The molecule has 20 heavy (non-hydrogen) atoms. The van der Waals surface area contributed by atoms with Crippen LogP contribution in [0.4, 0.5) is 5.69 Å². The van der Waals surface area contributed by atoms with Gasteiger partial charge in [-0.05, 0) is 44.2 Å². The maximum Gasteiger partial charge on any atom is 0.241 e. The minimum absolute atomic E-state index is 0.0136. The van der Waals surface area contributed by atoms with E-state index in [0.29, 0.717) is 0 Å². The Labute approximate surface area is 124 Å². The van der Waals surface area contributed by atoms with Crippen LogP contribution in [-0.4, -0.2) is 47.4 Å². The normalized spacial score (nSPS) is 18.8. The molecule has 1 aromatic carbocycles. The van der Waals surface area contributed by atoms with Crippen molar-refractivity contribution in [2.24, 2.45) is 0 Å². The number of piperidine rings is 1. The molecule has 1 unspecified atom stereocenters. The zero-order valence-corrected chi connectivity index (χ0v) is 12.8. The Morgan fingerprint density at radius 3 is 2.80 bits per heavy atom. The molecule has 1 amide bonds. The number of amides is 1. The summed E-state index contributed by atoms with van der Waals surface area (Å²) in [6.07, 6.45) is 3.31. The lowest BCUT2D eigenvalue weighted by Crippen LogP contribution is -2.47. The van der Waals surface area contributed by atoms with Crippen molar-refractivity contribution in [3.05, 3.63) is 24.3 Å². The van der Waals surface area contributed by atoms with E-state index in [9.17, 15) is 9.90 Å². The summed E-state index contributed by atoms with van der Waals surface area (Å²) in [5.41, 5.74) is 0.839. The highest BCUT2D eigenvalue weighted by molar-refractivity contribution is 7.98. The van der Waals surface area contributed by atoms with Crippen LogP contribution in [-0.2, 0) is 4.79 Å². The van der Waals surface area contributed by atoms with Crippen molar-refractivity contribution in [1.29, 1.82) is 0 Å². The molecule has 0 saturated carbocycles. The van der Waals surface area contributed by atoms with Crippen LogP contribution in [0, 0.1) is 0 Å². The molecule has 0 bridgehead atoms. The largest absolute Gasteiger partial charge is 0.393 e. The van der Waals surface area contributed by atoms with Crippen molar-refractivity contribution in [2.75, 3.05) is 24.7 Å². The number of carbonyl (C=O) groups excluding carboxylic acids is 1. The fourth-order valence-corrected chi connectivity index (χ4v) is 2.85. The highest BCUT2D eigenvalue weighted by Gasteiger charge is 2.25. The van der Waals surface area contributed by atoms with Crippen molar-refractivity contribution < 1.29 is 9.90 Å². The van der Waals surface area contributed by atoms with Gasteiger partial charge in [-0.3, -0.25) is 9.69 Å². The topological polar surface area (TPSA) is 52.6 Å². The number of nitrogens with one attached hydrogen (secondary N) is 1. The lowest BCUT2D eigenvalue weighted by Gasteiger charge is -2.33. The van der Waals surface area contributed by atoms with Gasteiger partial charge in [-0.2, -0.15) is 0 Å². The first-order valence-electron chi connectivity index (χ1n) is 6.97. The SMILES string of the molecule is CSc1cccc(NC(=O)C(C)N2CCC(O)CC2)c1. The predicted molar refractivity (Wildman–Crippen MR) is 83.1 cm³/mol. The molecule has 1 saturated heterocycles. The van der Waals surface area contributed by atoms with Crippen LogP contribution in [0.5, 0.6) is 0 Å². The second kappa shape index (κ2) is 7.11. The number of carbonyl (C=O) groups is 1. The first-order valence-corrected chi connectivity index (χ1v) is 8.19. The third-order valence-corrected chi connectivity index (χ3v) is 4.49. The molecule has 0 radical (unpaired) electrons. The summed E-state index contributed by atoms with van der Waals surface area (Å²) in [7, 11) is 0. The Morgan fingerprint density at radius 2 is 2.15 bits per heavy atom. The summed E-state index contributed by atoms with van der Waals surface area (Å²) >= 11 is 1.66. The molecule has 0 aromatic heterocycles. The van der Waals surface area contributed by atoms with Crippen LogP contribution < -0.4 is 5.32 Å². The smallest absolute Gasteiger partial charge is 0.241 e. The van der Waals surface area contributed by atoms with E-state index in [4.69, 9.17) is 0 Å². The van der Waals surface area contributed by atoms with Gasteiger partial charge in [-0.25, -0.2) is 0 Å². The standard InChI is InChI=1S/C15H22N2O2S/c1-11(17-8-6-13(18)7-9-17)15(19)16-12-4-3-5-14(10-12)20-2/h3-5,10-11,13,18H,6-9H2,1-2H3,(H,16,19). The first-order chi connectivity index (χ1) is 9.60. The number of hydrogen-bond donors (Lipinski definition) is 2. The third kappa shape index (κ3) is 3.98. The Kier molecular flexibility index (Phi) is 5.46. The molecule has 1 atom stereocenters. The summed E-state index contributed by atoms with van der Waals surface area (Å²) in [6.45, 7) is 3.48. The van der Waals surface area contributed by atoms with E-state index in [1.807, 2.05) is 37.4 Å². The summed E-state index contributed by atoms with van der Waals surface area (Å²) in [5, 5.41) is 12.5. The highest BCUT2D eigenvalue weighted by Crippen LogP contribution is 2.20. The number of nitrogens with zero attached hydrogens (tertiary/aromatic N) is 1. The first kappa shape index (κ1) is 15.4. The van der Waals surface area contributed by atoms with E-state index in [1.54, 1.807) is 11.8 Å². The molecule has 1 heterocycles. The van der Waals surface area contributed by atoms with Crippen molar-refractivity contribution in [3.8, 4) is 0 Å². The molecule has 5 heteroatoms. The summed E-state index contributed by atoms with van der Waals surface area (Å²) < 4.78 is 0. The number of rotatable bonds is 4. The van der Waals surface area contributed by atoms with Gasteiger partial charge in [-0.1, -0.05) is 6.07 Å². The quantitative estimate of drug-likeness (QED) is 0.836. The van der Waals surface area contributed by atoms with E-state index >= 15 is 0 Å². The van der Waals surface area contributed by atoms with Gasteiger partial charge in [-0.15, -0.1) is 11.8 Å². The van der Waals surface area contributed by atoms with Gasteiger partial charge >= 0.3 is 0 Å². The lowest BCUT2D eigenvalue weighted by atomic mass is 10.1. The van der Waals surface area contributed by atoms with E-state index in [1.165, 1.54) is 0 Å². The minimum atomic E-state index is -0.209. The maximum absolute atomic E-state index is 12.3. The second-order valence-corrected chi connectivity index (χ2v) is 6.04. The van der Waals surface area contributed by atoms with E-state index in [0.717, 1.165) is 36.5 Å². The molecule has 1 aliphatic rings. The highest BCUT2D eigenvalue weighted by atomic mass is 32.2. The van der Waals surface area contributed by atoms with E-state index in [2.05, 4.69) is 10.2 Å². The fourth-order valence-electron chi connectivity index (χ4n) is 2.39. The maximum atomic E-state index is 12.3. The Hall–Kier alpha value is -1.04. The Bertz CT molecular complexity index is 459. The third-order valence-electron chi connectivity index (χ3n) is 3.76. The van der Waals surface area contributed by atoms with Crippen LogP contribution >= 0.6 is 11.8 Å². The zero-order chi connectivity index (χ0) is 14.5. The van der Waals surface area contributed by atoms with Gasteiger partial charge in [0.15, 0.2) is 0 Å². The van der Waals surface area contributed by atoms with Gasteiger partial charge < -0.3 is 10.4 Å². The molecule has 110 valence electrons. The molecular formula is C15H22N2O2S. The van der Waals surface area contributed by atoms with Crippen LogP contribution in [0.1, 0.15) is 19.8 Å². The molecule has 1 aromatic rings. The van der Waals surface area contributed by atoms with Crippen LogP contribution in [0.3, 0.4) is 0 Å². The van der Waals surface area contributed by atoms with Crippen molar-refractivity contribution in [3.63, 3.8) is 0 Å². The lowest BCUT2D eigenvalue weighted by molar-refractivity contribution is -0.121. The molecule has 1 fully saturated rings. The van der Waals surface area contributed by atoms with Crippen molar-refractivity contribution >= 4 is 23.4 Å². The Balaban J connectivity index is 1.93. The molecule has 0 aliphatic carbocycles. The van der Waals surface area contributed by atoms with Gasteiger partial charge in [0.1, 0.15) is 0 Å². The van der Waals surface area contributed by atoms with Crippen molar-refractivity contribution in [1.82, 2.24) is 4.90 Å². The number of thioether (sulfide) groups is 1. The predicted octanol–water partition coefficient (Wildman–Crippen LogP) is 2.19. The molecule has 2 N–H and O–H groups in total. The Morgan fingerprint density at radius 1 is 1.45 bits per heavy atom. The van der Waals surface area contributed by atoms with Crippen LogP contribution in [0.25, 0.3) is 0 Å². The minimum Gasteiger partial charge on any atom is -0.393 e. The van der Waals surface area contributed by atoms with Crippen LogP contribution in [0.2, 0.25) is 0 Å². The summed E-state index contributed by atoms with van der Waals surface area (Å²) in [5.74, 6) is 0.0136. The monoisotopic (exact) mass is 294 g/mol. The number of benzene rings is 1. The fraction of sp³-hybridized carbons (Fsp3) is 0.533. The zero-order valence-electron chi connectivity index (χ0n) is 12.0. The summed E-state index contributed by atoms with van der Waals surface area (Å²) in [6, 6.07) is 7.69. The molecule has 1 aliphatic heterocycles. The van der Waals surface area contributed by atoms with E-state index in [-0.39, 0.29) is 18.1 Å². The van der Waals surface area contributed by atoms with Gasteiger partial charge in [0.2, 0.25) is 5.91 Å². The van der Waals surface area contributed by atoms with Crippen LogP contribution in [0.15, 0.2) is 29.2 Å². The number of hydrogen-bond acceptors (Lipinski definition) is 4. The van der Waals surface area contributed by atoms with E-state index < -0.39 is 0 Å². The number of anilines is 1. The second-order valence-electron chi connectivity index (χ2n) is 5.16. The number of aliphatic hydroxyl groups excluding tert-OH is 1. The van der Waals surface area contributed by atoms with Crippen molar-refractivity contribution in [2.45, 2.75) is 36.8 Å². The van der Waals surface area contributed by atoms with Gasteiger partial charge in [0.25, 0.3) is 0 Å². The van der Waals surface area contributed by atoms with Gasteiger partial charge in [0.05, 0.1) is 12.1 Å². The average Bonchev–Trinajstić information content (AvgIpc) is 2.47. The summed E-state index contributed by atoms with van der Waals surface area (Å²) in [4.78, 5) is 15.5. The number of likely N-dealkylation sites (tertiary alicyclic amines) is 1.